The zero-order valence-electron chi connectivity index (χ0n) is 43.8. The third-order valence-corrected chi connectivity index (χ3v) is 19.8. The number of hydrogen-bond acceptors (Lipinski definition) is 23. The Kier molecular flexibility index (Phi) is 17.9. The number of rotatable bonds is 16. The molecular formula is C52H86O23. The Morgan fingerprint density at radius 1 is 0.640 bits per heavy atom. The van der Waals surface area contributed by atoms with E-state index in [4.69, 9.17) is 47.4 Å². The van der Waals surface area contributed by atoms with E-state index in [1.165, 1.54) is 12.5 Å². The molecular weight excluding hydrogens is 993 g/mol. The van der Waals surface area contributed by atoms with Crippen LogP contribution in [0.5, 0.6) is 0 Å². The lowest BCUT2D eigenvalue weighted by Crippen LogP contribution is -2.67. The summed E-state index contributed by atoms with van der Waals surface area (Å²) in [4.78, 5) is 0. The van der Waals surface area contributed by atoms with Crippen molar-refractivity contribution in [3.05, 3.63) is 11.6 Å². The van der Waals surface area contributed by atoms with Gasteiger partial charge in [-0.05, 0) is 98.7 Å². The van der Waals surface area contributed by atoms with Crippen molar-refractivity contribution in [2.24, 2.45) is 46.3 Å². The van der Waals surface area contributed by atoms with Crippen LogP contribution in [0.3, 0.4) is 0 Å². The van der Waals surface area contributed by atoms with E-state index >= 15 is 0 Å². The summed E-state index contributed by atoms with van der Waals surface area (Å²) in [6, 6.07) is 0. The maximum Gasteiger partial charge on any atom is 0.187 e. The second-order valence-corrected chi connectivity index (χ2v) is 24.0. The van der Waals surface area contributed by atoms with Gasteiger partial charge in [0.05, 0.1) is 44.7 Å². The third-order valence-electron chi connectivity index (χ3n) is 19.8. The smallest absolute Gasteiger partial charge is 0.187 e. The van der Waals surface area contributed by atoms with E-state index in [1.54, 1.807) is 7.11 Å². The Morgan fingerprint density at radius 2 is 1.23 bits per heavy atom. The van der Waals surface area contributed by atoms with Crippen LogP contribution in [0.4, 0.5) is 0 Å². The van der Waals surface area contributed by atoms with Gasteiger partial charge in [-0.3, -0.25) is 0 Å². The Hall–Kier alpha value is -1.18. The fourth-order valence-electron chi connectivity index (χ4n) is 15.3. The molecule has 3 saturated carbocycles. The fraction of sp³-hybridized carbons (Fsp3) is 0.962. The lowest BCUT2D eigenvalue weighted by molar-refractivity contribution is -0.389. The standard InChI is InChI=1S/C52H86O23/c1-21(20-67-46-40(62)38(60)35(57)30(17-53)70-46)9-14-52(66-6)22(2)33-29(75-52)16-28-26-8-7-24-15-25(10-12-50(24,4)27(26)11-13-51(28,33)5)69-49-45(74-47-41(63)37(59)34(56)23(3)68-47)43(65)44(32(19-55)72-49)73-48-42(64)39(61)36(58)31(18-54)71-48/h7,21-23,25-49,53-65H,8-20H2,1-6H3/t21-,22+,23+,25+,26?,27?,28?,29?,30-,31-,32-,33?,34+,35-,36-,37-,38+,39+,40-,41-,42-,43+,44-,45-,46-,47+,48+,49-,50+,51+,52-/m1/s1. The van der Waals surface area contributed by atoms with Crippen LogP contribution in [0, 0.1) is 46.3 Å². The molecule has 31 atom stereocenters. The van der Waals surface area contributed by atoms with E-state index in [9.17, 15) is 66.4 Å². The molecule has 5 unspecified atom stereocenters. The average molecular weight is 1080 g/mol. The maximum atomic E-state index is 12.1. The number of hydrogen-bond donors (Lipinski definition) is 13. The van der Waals surface area contributed by atoms with Crippen LogP contribution in [-0.2, 0) is 47.4 Å². The highest BCUT2D eigenvalue weighted by atomic mass is 16.8. The molecule has 13 N–H and O–H groups in total. The molecule has 5 heterocycles. The summed E-state index contributed by atoms with van der Waals surface area (Å²) in [5, 5.41) is 137. The molecule has 23 heteroatoms. The van der Waals surface area contributed by atoms with E-state index < -0.39 is 155 Å². The molecule has 432 valence electrons. The summed E-state index contributed by atoms with van der Waals surface area (Å²) in [6.07, 6.45) is -21.1. The van der Waals surface area contributed by atoms with E-state index in [0.29, 0.717) is 43.4 Å². The van der Waals surface area contributed by atoms with Gasteiger partial charge in [-0.15, -0.1) is 0 Å². The van der Waals surface area contributed by atoms with Crippen LogP contribution in [0.25, 0.3) is 0 Å². The number of methoxy groups -OCH3 is 1. The van der Waals surface area contributed by atoms with E-state index in [2.05, 4.69) is 26.8 Å². The van der Waals surface area contributed by atoms with Crippen molar-refractivity contribution in [1.29, 1.82) is 0 Å². The Labute approximate surface area is 437 Å². The van der Waals surface area contributed by atoms with Crippen molar-refractivity contribution in [3.63, 3.8) is 0 Å². The first-order valence-electron chi connectivity index (χ1n) is 27.3. The molecule has 9 rings (SSSR count). The summed E-state index contributed by atoms with van der Waals surface area (Å²) in [6.45, 7) is 8.76. The van der Waals surface area contributed by atoms with Gasteiger partial charge >= 0.3 is 0 Å². The molecule has 75 heavy (non-hydrogen) atoms. The van der Waals surface area contributed by atoms with E-state index in [-0.39, 0.29) is 41.3 Å². The van der Waals surface area contributed by atoms with Gasteiger partial charge in [0.1, 0.15) is 91.6 Å². The zero-order valence-corrected chi connectivity index (χ0v) is 43.8. The van der Waals surface area contributed by atoms with Gasteiger partial charge in [0.2, 0.25) is 0 Å². The molecule has 0 amide bonds. The highest BCUT2D eigenvalue weighted by Crippen LogP contribution is 2.70. The molecule has 23 nitrogen and oxygen atoms in total. The van der Waals surface area contributed by atoms with Gasteiger partial charge in [-0.1, -0.05) is 39.3 Å². The zero-order chi connectivity index (χ0) is 54.2. The molecule has 5 saturated heterocycles. The number of ether oxygens (including phenoxy) is 10. The average Bonchev–Trinajstić information content (AvgIpc) is 3.86. The highest BCUT2D eigenvalue weighted by Gasteiger charge is 2.68. The van der Waals surface area contributed by atoms with E-state index in [0.717, 1.165) is 32.1 Å². The predicted molar refractivity (Wildman–Crippen MR) is 255 cm³/mol. The summed E-state index contributed by atoms with van der Waals surface area (Å²) < 4.78 is 61.3. The molecule has 0 bridgehead atoms. The van der Waals surface area contributed by atoms with Crippen LogP contribution in [0.15, 0.2) is 11.6 Å². The third kappa shape index (κ3) is 10.5. The predicted octanol–water partition coefficient (Wildman–Crippen LogP) is -2.35. The van der Waals surface area contributed by atoms with Crippen molar-refractivity contribution in [2.45, 2.75) is 233 Å². The maximum absolute atomic E-state index is 12.1. The highest BCUT2D eigenvalue weighted by molar-refractivity contribution is 5.26. The molecule has 0 aromatic heterocycles. The first-order valence-corrected chi connectivity index (χ1v) is 27.3. The van der Waals surface area contributed by atoms with Gasteiger partial charge < -0.3 is 114 Å². The minimum absolute atomic E-state index is 0.00195. The van der Waals surface area contributed by atoms with Gasteiger partial charge in [0, 0.05) is 19.4 Å². The minimum Gasteiger partial charge on any atom is -0.394 e. The summed E-state index contributed by atoms with van der Waals surface area (Å²) >= 11 is 0. The Morgan fingerprint density at radius 3 is 1.87 bits per heavy atom. The lowest BCUT2D eigenvalue weighted by atomic mass is 9.47. The molecule has 5 aliphatic heterocycles. The molecule has 0 aromatic carbocycles. The second kappa shape index (κ2) is 23.0. The van der Waals surface area contributed by atoms with E-state index in [1.807, 2.05) is 6.92 Å². The molecule has 4 aliphatic carbocycles. The van der Waals surface area contributed by atoms with Gasteiger partial charge in [0.25, 0.3) is 0 Å². The Balaban J connectivity index is 0.856. The quantitative estimate of drug-likeness (QED) is 0.0720. The van der Waals surface area contributed by atoms with Crippen LogP contribution < -0.4 is 0 Å². The van der Waals surface area contributed by atoms with Crippen molar-refractivity contribution < 1.29 is 114 Å². The van der Waals surface area contributed by atoms with Gasteiger partial charge in [-0.25, -0.2) is 0 Å². The number of fused-ring (bicyclic) bond motifs is 7. The minimum atomic E-state index is -1.85. The van der Waals surface area contributed by atoms with Crippen molar-refractivity contribution in [3.8, 4) is 0 Å². The molecule has 9 aliphatic rings. The number of aliphatic hydroxyl groups is 13. The summed E-state index contributed by atoms with van der Waals surface area (Å²) in [5.74, 6) is 0.806. The molecule has 8 fully saturated rings. The molecule has 0 radical (unpaired) electrons. The van der Waals surface area contributed by atoms with Gasteiger partial charge in [-0.2, -0.15) is 0 Å². The first kappa shape index (κ1) is 58.5. The number of allylic oxidation sites excluding steroid dienone is 1. The first-order chi connectivity index (χ1) is 35.6. The fourth-order valence-corrected chi connectivity index (χ4v) is 15.3. The van der Waals surface area contributed by atoms with Crippen molar-refractivity contribution >= 4 is 0 Å². The monoisotopic (exact) mass is 1080 g/mol. The Bertz CT molecular complexity index is 1930. The van der Waals surface area contributed by atoms with Crippen LogP contribution >= 0.6 is 0 Å². The SMILES string of the molecule is CO[C@]1(CC[C@@H](C)CO[C@@H]2O[C@H](CO)[C@@H](O)[C@H](O)[C@H]2O)OC2CC3C4CC=C5C[C@@H](O[C@@H]6O[C@H](CO)[C@@H](O[C@@H]7O[C@H](CO)[C@@H](O)[C@H](O)[C@H]7O)[C@H](O)[C@H]6O[C@@H]6O[C@@H](C)[C@H](O)[C@@H](O)[C@H]6O)CC[C@]5(C)C4CC[C@]3(C)C2[C@@H]1C. The van der Waals surface area contributed by atoms with Crippen LogP contribution in [-0.4, -0.2) is 241 Å². The largest absolute Gasteiger partial charge is 0.394 e. The topological polar surface area (TPSA) is 355 Å². The van der Waals surface area contributed by atoms with Crippen molar-refractivity contribution in [2.75, 3.05) is 33.5 Å². The second-order valence-electron chi connectivity index (χ2n) is 24.0. The van der Waals surface area contributed by atoms with Crippen LogP contribution in [0.2, 0.25) is 0 Å². The lowest BCUT2D eigenvalue weighted by Gasteiger charge is -2.58. The summed E-state index contributed by atoms with van der Waals surface area (Å²) in [7, 11) is 1.71. The normalized spacial score (nSPS) is 54.3. The van der Waals surface area contributed by atoms with Gasteiger partial charge in [0.15, 0.2) is 30.9 Å². The molecule has 0 spiro atoms. The summed E-state index contributed by atoms with van der Waals surface area (Å²) in [5.41, 5.74) is 1.14. The van der Waals surface area contributed by atoms with Crippen molar-refractivity contribution in [1.82, 2.24) is 0 Å². The molecule has 0 aromatic rings. The van der Waals surface area contributed by atoms with Crippen LogP contribution in [0.1, 0.15) is 92.4 Å². The number of aliphatic hydroxyl groups excluding tert-OH is 13.